The van der Waals surface area contributed by atoms with Crippen LogP contribution in [-0.2, 0) is 28.7 Å². The lowest BCUT2D eigenvalue weighted by Gasteiger charge is -2.25. The number of allylic oxidation sites excluding steroid dienone is 2. The van der Waals surface area contributed by atoms with E-state index in [0.29, 0.717) is 12.2 Å². The number of amides is 4. The van der Waals surface area contributed by atoms with Crippen molar-refractivity contribution in [2.75, 3.05) is 18.6 Å². The Bertz CT molecular complexity index is 906. The van der Waals surface area contributed by atoms with Gasteiger partial charge in [-0.05, 0) is 31.3 Å². The van der Waals surface area contributed by atoms with Crippen molar-refractivity contribution in [2.45, 2.75) is 72.6 Å². The number of likely N-dealkylation sites (N-methyl/N-ethyl adjacent to an activating group) is 1. The smallest absolute Gasteiger partial charge is 0.329 e. The Hall–Kier alpha value is -2.47. The molecule has 0 aromatic rings. The summed E-state index contributed by atoms with van der Waals surface area (Å²) in [6.45, 7) is 10.6. The summed E-state index contributed by atoms with van der Waals surface area (Å²) < 4.78 is 5.68. The van der Waals surface area contributed by atoms with Crippen molar-refractivity contribution in [1.29, 1.82) is 0 Å². The predicted octanol–water partition coefficient (Wildman–Crippen LogP) is 2.31. The summed E-state index contributed by atoms with van der Waals surface area (Å²) in [6.07, 6.45) is 4.56. The summed E-state index contributed by atoms with van der Waals surface area (Å²) >= 11 is 0. The van der Waals surface area contributed by atoms with Crippen LogP contribution in [0.1, 0.15) is 54.4 Å². The van der Waals surface area contributed by atoms with E-state index in [1.807, 2.05) is 19.9 Å². The van der Waals surface area contributed by atoms with E-state index in [1.54, 1.807) is 55.4 Å². The molecule has 1 rings (SSSR count). The summed E-state index contributed by atoms with van der Waals surface area (Å²) in [5, 5.41) is 10.6. The minimum atomic E-state index is -1.01. The molecule has 0 fully saturated rings. The summed E-state index contributed by atoms with van der Waals surface area (Å²) in [5.74, 6) is -1.81. The second kappa shape index (κ2) is 17.2. The first-order valence-corrected chi connectivity index (χ1v) is 15.3. The quantitative estimate of drug-likeness (QED) is 0.165. The summed E-state index contributed by atoms with van der Waals surface area (Å²) in [6, 6.07) is -1.74. The summed E-state index contributed by atoms with van der Waals surface area (Å²) in [4.78, 5) is 63.6. The zero-order chi connectivity index (χ0) is 28.8. The molecule has 0 aromatic carbocycles. The Kier molecular flexibility index (Phi) is 15.2. The van der Waals surface area contributed by atoms with Crippen molar-refractivity contribution >= 4 is 51.2 Å². The molecule has 38 heavy (non-hydrogen) atoms. The third kappa shape index (κ3) is 11.5. The predicted molar refractivity (Wildman–Crippen MR) is 152 cm³/mol. The van der Waals surface area contributed by atoms with Crippen molar-refractivity contribution < 1.29 is 28.7 Å². The van der Waals surface area contributed by atoms with Crippen LogP contribution in [0.4, 0.5) is 0 Å². The van der Waals surface area contributed by atoms with Crippen molar-refractivity contribution in [3.8, 4) is 0 Å². The molecule has 0 bridgehead atoms. The molecule has 0 spiro atoms. The van der Waals surface area contributed by atoms with Gasteiger partial charge in [0.1, 0.15) is 23.9 Å². The normalized spacial score (nSPS) is 25.1. The Morgan fingerprint density at radius 1 is 1.18 bits per heavy atom. The van der Waals surface area contributed by atoms with Gasteiger partial charge in [-0.25, -0.2) is 4.79 Å². The Morgan fingerprint density at radius 3 is 2.45 bits per heavy atom. The van der Waals surface area contributed by atoms with Gasteiger partial charge in [-0.1, -0.05) is 68.4 Å². The van der Waals surface area contributed by atoms with E-state index in [1.165, 1.54) is 13.1 Å². The zero-order valence-electron chi connectivity index (χ0n) is 23.3. The molecule has 4 N–H and O–H groups in total. The van der Waals surface area contributed by atoms with Crippen LogP contribution >= 0.6 is 21.6 Å². The van der Waals surface area contributed by atoms with Crippen LogP contribution in [0.2, 0.25) is 0 Å². The second-order valence-corrected chi connectivity index (χ2v) is 12.3. The lowest BCUT2D eigenvalue weighted by molar-refractivity contribution is -0.153. The Labute approximate surface area is 233 Å². The van der Waals surface area contributed by atoms with Gasteiger partial charge in [0.2, 0.25) is 17.7 Å². The van der Waals surface area contributed by atoms with E-state index >= 15 is 0 Å². The van der Waals surface area contributed by atoms with Crippen LogP contribution in [0, 0.1) is 17.8 Å². The first-order valence-electron chi connectivity index (χ1n) is 12.8. The molecule has 1 aliphatic heterocycles. The van der Waals surface area contributed by atoms with Gasteiger partial charge in [-0.3, -0.25) is 19.2 Å². The second-order valence-electron chi connectivity index (χ2n) is 9.69. The maximum absolute atomic E-state index is 13.2. The molecule has 1 aliphatic rings. The van der Waals surface area contributed by atoms with Crippen LogP contribution in [0.15, 0.2) is 23.9 Å². The SMILES string of the molecule is C/C=C1\NC(=O)[C@H](C)CSSCC/C=C/[C@H](CC(=O)N[C@@H](C(=O)NC)C(C)C)OC(=O)[C@H](C(C)C)NC1=O. The van der Waals surface area contributed by atoms with E-state index in [4.69, 9.17) is 4.74 Å². The maximum atomic E-state index is 13.2. The molecular weight excluding hydrogens is 528 g/mol. The fourth-order valence-corrected chi connectivity index (χ4v) is 5.70. The molecule has 214 valence electrons. The summed E-state index contributed by atoms with van der Waals surface area (Å²) in [5.41, 5.74) is 0.0482. The number of carbonyl (C=O) groups is 5. The van der Waals surface area contributed by atoms with Crippen molar-refractivity contribution in [3.05, 3.63) is 23.9 Å². The number of hydrogen-bond acceptors (Lipinski definition) is 8. The molecule has 10 nitrogen and oxygen atoms in total. The van der Waals surface area contributed by atoms with Crippen LogP contribution in [0.3, 0.4) is 0 Å². The molecule has 4 amide bonds. The molecule has 0 radical (unpaired) electrons. The molecule has 0 aliphatic carbocycles. The van der Waals surface area contributed by atoms with Crippen LogP contribution in [-0.4, -0.2) is 66.3 Å². The van der Waals surface area contributed by atoms with Gasteiger partial charge in [0.15, 0.2) is 0 Å². The minimum absolute atomic E-state index is 0.0482. The lowest BCUT2D eigenvalue weighted by Crippen LogP contribution is -2.50. The fourth-order valence-electron chi connectivity index (χ4n) is 3.36. The number of ether oxygens (including phenoxy) is 1. The Morgan fingerprint density at radius 2 is 1.87 bits per heavy atom. The van der Waals surface area contributed by atoms with Gasteiger partial charge in [-0.2, -0.15) is 0 Å². The molecule has 12 heteroatoms. The average molecular weight is 571 g/mol. The summed E-state index contributed by atoms with van der Waals surface area (Å²) in [7, 11) is 4.66. The number of nitrogens with one attached hydrogen (secondary N) is 4. The molecular formula is C26H42N4O6S2. The van der Waals surface area contributed by atoms with Crippen LogP contribution in [0.25, 0.3) is 0 Å². The van der Waals surface area contributed by atoms with E-state index in [2.05, 4.69) is 21.3 Å². The molecule has 1 heterocycles. The van der Waals surface area contributed by atoms with Crippen molar-refractivity contribution in [2.24, 2.45) is 17.8 Å². The van der Waals surface area contributed by atoms with Gasteiger partial charge in [0.25, 0.3) is 5.91 Å². The average Bonchev–Trinajstić information content (AvgIpc) is 2.86. The highest BCUT2D eigenvalue weighted by Crippen LogP contribution is 2.25. The lowest BCUT2D eigenvalue weighted by atomic mass is 10.0. The van der Waals surface area contributed by atoms with Crippen molar-refractivity contribution in [1.82, 2.24) is 21.3 Å². The van der Waals surface area contributed by atoms with Gasteiger partial charge in [-0.15, -0.1) is 0 Å². The van der Waals surface area contributed by atoms with Gasteiger partial charge in [0, 0.05) is 24.5 Å². The van der Waals surface area contributed by atoms with E-state index < -0.39 is 36.0 Å². The Balaban J connectivity index is 3.16. The number of hydrogen-bond donors (Lipinski definition) is 4. The standard InChI is InChI=1S/C26H42N4O6S2/c1-8-19-24(33)30-22(16(4)5)26(35)36-18(13-20(31)29-21(15(2)3)25(34)27-7)11-9-10-12-37-38-14-17(6)23(32)28-19/h8-9,11,15-18,21-22H,10,12-14H2,1-7H3,(H,27,34)(H,28,32)(H,29,31)(H,30,33)/b11-9+,19-8-/t17-,18-,21-,22+/m1/s1. The van der Waals surface area contributed by atoms with E-state index in [9.17, 15) is 24.0 Å². The monoisotopic (exact) mass is 570 g/mol. The highest BCUT2D eigenvalue weighted by molar-refractivity contribution is 8.76. The maximum Gasteiger partial charge on any atom is 0.329 e. The molecule has 0 aromatic heterocycles. The molecule has 4 atom stereocenters. The molecule has 0 saturated carbocycles. The van der Waals surface area contributed by atoms with Crippen molar-refractivity contribution in [3.63, 3.8) is 0 Å². The topological polar surface area (TPSA) is 143 Å². The zero-order valence-corrected chi connectivity index (χ0v) is 24.9. The van der Waals surface area contributed by atoms with Gasteiger partial charge in [0.05, 0.1) is 6.42 Å². The highest BCUT2D eigenvalue weighted by atomic mass is 33.1. The van der Waals surface area contributed by atoms with E-state index in [0.717, 1.165) is 5.75 Å². The third-order valence-electron chi connectivity index (χ3n) is 5.73. The number of carbonyl (C=O) groups excluding carboxylic acids is 5. The van der Waals surface area contributed by atoms with E-state index in [-0.39, 0.29) is 41.7 Å². The largest absolute Gasteiger partial charge is 0.456 e. The fraction of sp³-hybridized carbons (Fsp3) is 0.654. The number of rotatable bonds is 6. The van der Waals surface area contributed by atoms with Gasteiger partial charge < -0.3 is 26.0 Å². The first-order chi connectivity index (χ1) is 17.9. The molecule has 0 unspecified atom stereocenters. The van der Waals surface area contributed by atoms with Crippen LogP contribution in [0.5, 0.6) is 0 Å². The number of cyclic esters (lactones) is 1. The minimum Gasteiger partial charge on any atom is -0.456 e. The number of esters is 1. The molecule has 0 saturated heterocycles. The van der Waals surface area contributed by atoms with Crippen LogP contribution < -0.4 is 21.3 Å². The third-order valence-corrected chi connectivity index (χ3v) is 8.35. The highest BCUT2D eigenvalue weighted by Gasteiger charge is 2.31. The first kappa shape index (κ1) is 33.6. The van der Waals surface area contributed by atoms with Gasteiger partial charge >= 0.3 is 5.97 Å².